The van der Waals surface area contributed by atoms with Crippen molar-refractivity contribution >= 4 is 12.6 Å². The van der Waals surface area contributed by atoms with E-state index in [2.05, 4.69) is 17.6 Å². The molecule has 15 heavy (non-hydrogen) atoms. The van der Waals surface area contributed by atoms with Crippen molar-refractivity contribution in [3.05, 3.63) is 27.9 Å². The van der Waals surface area contributed by atoms with E-state index in [0.717, 1.165) is 42.9 Å². The van der Waals surface area contributed by atoms with E-state index in [1.54, 1.807) is 4.57 Å². The maximum atomic E-state index is 11.6. The van der Waals surface area contributed by atoms with Gasteiger partial charge in [0.1, 0.15) is 0 Å². The zero-order valence-electron chi connectivity index (χ0n) is 9.36. The summed E-state index contributed by atoms with van der Waals surface area (Å²) < 4.78 is 1.74. The molecule has 0 N–H and O–H groups in total. The van der Waals surface area contributed by atoms with Gasteiger partial charge in [-0.3, -0.25) is 4.57 Å². The average Bonchev–Trinajstić information content (AvgIpc) is 2.15. The molecule has 0 aliphatic heterocycles. The highest BCUT2D eigenvalue weighted by molar-refractivity contribution is 7.80. The van der Waals surface area contributed by atoms with Crippen molar-refractivity contribution in [2.45, 2.75) is 39.7 Å². The van der Waals surface area contributed by atoms with Gasteiger partial charge in [-0.2, -0.15) is 17.6 Å². The van der Waals surface area contributed by atoms with Crippen molar-refractivity contribution in [1.29, 1.82) is 0 Å². The molecule has 0 aliphatic rings. The fourth-order valence-electron chi connectivity index (χ4n) is 1.61. The summed E-state index contributed by atoms with van der Waals surface area (Å²) in [6.45, 7) is 4.57. The highest BCUT2D eigenvalue weighted by Crippen LogP contribution is 2.02. The summed E-state index contributed by atoms with van der Waals surface area (Å²) >= 11 is 4.15. The molecule has 0 aliphatic carbocycles. The zero-order valence-corrected chi connectivity index (χ0v) is 10.3. The molecule has 0 saturated heterocycles. The van der Waals surface area contributed by atoms with Crippen LogP contribution in [-0.2, 0) is 6.54 Å². The number of rotatable bonds is 5. The highest BCUT2D eigenvalue weighted by atomic mass is 32.1. The van der Waals surface area contributed by atoms with Crippen molar-refractivity contribution in [1.82, 2.24) is 9.55 Å². The Kier molecular flexibility index (Phi) is 4.88. The summed E-state index contributed by atoms with van der Waals surface area (Å²) in [6, 6.07) is 1.94. The van der Waals surface area contributed by atoms with Crippen LogP contribution in [0.2, 0.25) is 0 Å². The molecule has 0 aromatic carbocycles. The van der Waals surface area contributed by atoms with E-state index in [0.29, 0.717) is 0 Å². The van der Waals surface area contributed by atoms with Crippen LogP contribution < -0.4 is 5.69 Å². The first-order chi connectivity index (χ1) is 7.15. The minimum atomic E-state index is -0.127. The van der Waals surface area contributed by atoms with Crippen LogP contribution in [0.5, 0.6) is 0 Å². The Balaban J connectivity index is 2.65. The van der Waals surface area contributed by atoms with Crippen LogP contribution in [0, 0.1) is 13.8 Å². The number of aryl methyl sites for hydroxylation is 2. The largest absolute Gasteiger partial charge is 0.347 e. The molecule has 1 rings (SSSR count). The van der Waals surface area contributed by atoms with Crippen LogP contribution in [0.25, 0.3) is 0 Å². The number of thiol groups is 1. The Hall–Kier alpha value is -0.770. The van der Waals surface area contributed by atoms with E-state index >= 15 is 0 Å². The van der Waals surface area contributed by atoms with Gasteiger partial charge in [0.25, 0.3) is 0 Å². The maximum absolute atomic E-state index is 11.6. The number of hydrogen-bond donors (Lipinski definition) is 1. The van der Waals surface area contributed by atoms with E-state index < -0.39 is 0 Å². The van der Waals surface area contributed by atoms with Gasteiger partial charge in [0.05, 0.1) is 0 Å². The Morgan fingerprint density at radius 3 is 2.67 bits per heavy atom. The van der Waals surface area contributed by atoms with E-state index in [9.17, 15) is 4.79 Å². The van der Waals surface area contributed by atoms with Gasteiger partial charge in [0.15, 0.2) is 0 Å². The Morgan fingerprint density at radius 2 is 2.07 bits per heavy atom. The standard InChI is InChI=1S/C11H18N2OS/c1-9-8-10(2)13(11(14)12-9)6-4-3-5-7-15/h8,15H,3-7H2,1-2H3. The quantitative estimate of drug-likeness (QED) is 0.615. The molecule has 0 atom stereocenters. The van der Waals surface area contributed by atoms with Crippen molar-refractivity contribution in [2.24, 2.45) is 0 Å². The molecule has 84 valence electrons. The van der Waals surface area contributed by atoms with Crippen molar-refractivity contribution in [2.75, 3.05) is 5.75 Å². The molecule has 1 aromatic rings. The SMILES string of the molecule is Cc1cc(C)n(CCCCCS)c(=O)n1. The molecule has 3 nitrogen and oxygen atoms in total. The summed E-state index contributed by atoms with van der Waals surface area (Å²) in [5.74, 6) is 0.917. The third-order valence-corrected chi connectivity index (χ3v) is 2.70. The lowest BCUT2D eigenvalue weighted by atomic mass is 10.2. The van der Waals surface area contributed by atoms with Crippen LogP contribution in [0.3, 0.4) is 0 Å². The number of hydrogen-bond acceptors (Lipinski definition) is 3. The molecule has 0 unspecified atom stereocenters. The number of unbranched alkanes of at least 4 members (excludes halogenated alkanes) is 2. The number of nitrogens with zero attached hydrogens (tertiary/aromatic N) is 2. The topological polar surface area (TPSA) is 34.9 Å². The monoisotopic (exact) mass is 226 g/mol. The predicted molar refractivity (Wildman–Crippen MR) is 65.7 cm³/mol. The van der Waals surface area contributed by atoms with E-state index in [4.69, 9.17) is 0 Å². The second kappa shape index (κ2) is 5.95. The molecular formula is C11H18N2OS. The summed E-state index contributed by atoms with van der Waals surface area (Å²) in [7, 11) is 0. The molecule has 0 bridgehead atoms. The second-order valence-corrected chi connectivity index (χ2v) is 4.20. The van der Waals surface area contributed by atoms with Crippen molar-refractivity contribution in [3.8, 4) is 0 Å². The lowest BCUT2D eigenvalue weighted by Gasteiger charge is -2.08. The third kappa shape index (κ3) is 3.70. The van der Waals surface area contributed by atoms with Gasteiger partial charge in [-0.05, 0) is 38.5 Å². The molecule has 0 spiro atoms. The minimum Gasteiger partial charge on any atom is -0.297 e. The van der Waals surface area contributed by atoms with Gasteiger partial charge in [0.2, 0.25) is 0 Å². The van der Waals surface area contributed by atoms with Crippen LogP contribution >= 0.6 is 12.6 Å². The van der Waals surface area contributed by atoms with Crippen molar-refractivity contribution in [3.63, 3.8) is 0 Å². The fraction of sp³-hybridized carbons (Fsp3) is 0.636. The first kappa shape index (κ1) is 12.3. The first-order valence-corrected chi connectivity index (χ1v) is 5.94. The van der Waals surface area contributed by atoms with Gasteiger partial charge in [-0.1, -0.05) is 6.42 Å². The van der Waals surface area contributed by atoms with Gasteiger partial charge in [-0.25, -0.2) is 4.79 Å². The fourth-order valence-corrected chi connectivity index (χ4v) is 1.83. The molecule has 0 radical (unpaired) electrons. The highest BCUT2D eigenvalue weighted by Gasteiger charge is 2.01. The van der Waals surface area contributed by atoms with E-state index in [1.807, 2.05) is 19.9 Å². The van der Waals surface area contributed by atoms with Crippen LogP contribution in [0.1, 0.15) is 30.7 Å². The Bertz CT molecular complexity index is 373. The lowest BCUT2D eigenvalue weighted by molar-refractivity contribution is 0.564. The number of aromatic nitrogens is 2. The van der Waals surface area contributed by atoms with Gasteiger partial charge < -0.3 is 0 Å². The third-order valence-electron chi connectivity index (χ3n) is 2.39. The first-order valence-electron chi connectivity index (χ1n) is 5.31. The van der Waals surface area contributed by atoms with Gasteiger partial charge >= 0.3 is 5.69 Å². The van der Waals surface area contributed by atoms with E-state index in [1.165, 1.54) is 0 Å². The predicted octanol–water partition coefficient (Wildman–Crippen LogP) is 1.96. The summed E-state index contributed by atoms with van der Waals surface area (Å²) in [6.07, 6.45) is 3.24. The summed E-state index contributed by atoms with van der Waals surface area (Å²) in [5.41, 5.74) is 1.67. The smallest absolute Gasteiger partial charge is 0.297 e. The van der Waals surface area contributed by atoms with Gasteiger partial charge in [0, 0.05) is 17.9 Å². The van der Waals surface area contributed by atoms with Crippen molar-refractivity contribution < 1.29 is 0 Å². The van der Waals surface area contributed by atoms with Crippen LogP contribution in [0.4, 0.5) is 0 Å². The summed E-state index contributed by atoms with van der Waals surface area (Å²) in [4.78, 5) is 15.5. The zero-order chi connectivity index (χ0) is 11.3. The Labute approximate surface area is 96.0 Å². The van der Waals surface area contributed by atoms with E-state index in [-0.39, 0.29) is 5.69 Å². The molecule has 0 saturated carbocycles. The molecule has 1 heterocycles. The molecule has 4 heteroatoms. The molecular weight excluding hydrogens is 208 g/mol. The van der Waals surface area contributed by atoms with Gasteiger partial charge in [-0.15, -0.1) is 0 Å². The summed E-state index contributed by atoms with van der Waals surface area (Å²) in [5, 5.41) is 0. The molecule has 1 aromatic heterocycles. The second-order valence-electron chi connectivity index (χ2n) is 3.76. The minimum absolute atomic E-state index is 0.127. The molecule has 0 fully saturated rings. The maximum Gasteiger partial charge on any atom is 0.347 e. The average molecular weight is 226 g/mol. The van der Waals surface area contributed by atoms with Crippen LogP contribution in [0.15, 0.2) is 10.9 Å². The Morgan fingerprint density at radius 1 is 1.33 bits per heavy atom. The normalized spacial score (nSPS) is 10.6. The van der Waals surface area contributed by atoms with Crippen LogP contribution in [-0.4, -0.2) is 15.3 Å². The molecule has 0 amide bonds. The lowest BCUT2D eigenvalue weighted by Crippen LogP contribution is -2.25.